The number of nitrogens with zero attached hydrogens (tertiary/aromatic N) is 1. The van der Waals surface area contributed by atoms with E-state index in [1.807, 2.05) is 18.5 Å². The Bertz CT molecular complexity index is 506. The second-order valence-electron chi connectivity index (χ2n) is 4.56. The van der Waals surface area contributed by atoms with Crippen LogP contribution in [0.15, 0.2) is 42.7 Å². The standard InChI is InChI=1S/C15H16N2/c1-3-13(11-16-7-1)9-12-5-6-15-14(10-12)4-2-8-17-15/h1,3,5-7,10-11,17H,2,4,8-9H2. The van der Waals surface area contributed by atoms with Crippen molar-refractivity contribution in [3.63, 3.8) is 0 Å². The molecule has 0 bridgehead atoms. The number of nitrogens with one attached hydrogen (secondary N) is 1. The van der Waals surface area contributed by atoms with Gasteiger partial charge in [0.05, 0.1) is 0 Å². The first-order valence-corrected chi connectivity index (χ1v) is 6.16. The lowest BCUT2D eigenvalue weighted by atomic mass is 9.98. The molecular weight excluding hydrogens is 208 g/mol. The lowest BCUT2D eigenvalue weighted by Crippen LogP contribution is -2.11. The molecule has 2 heterocycles. The average Bonchev–Trinajstić information content (AvgIpc) is 2.40. The van der Waals surface area contributed by atoms with Crippen LogP contribution in [0.1, 0.15) is 23.1 Å². The molecule has 0 unspecified atom stereocenters. The summed E-state index contributed by atoms with van der Waals surface area (Å²) in [6.07, 6.45) is 7.17. The minimum Gasteiger partial charge on any atom is -0.385 e. The first-order chi connectivity index (χ1) is 8.42. The lowest BCUT2D eigenvalue weighted by molar-refractivity contribution is 0.828. The summed E-state index contributed by atoms with van der Waals surface area (Å²) >= 11 is 0. The highest BCUT2D eigenvalue weighted by Crippen LogP contribution is 2.23. The third kappa shape index (κ3) is 2.31. The van der Waals surface area contributed by atoms with Gasteiger partial charge in [-0.1, -0.05) is 18.2 Å². The van der Waals surface area contributed by atoms with Crippen molar-refractivity contribution in [1.82, 2.24) is 4.98 Å². The molecular formula is C15H16N2. The van der Waals surface area contributed by atoms with E-state index in [9.17, 15) is 0 Å². The maximum absolute atomic E-state index is 4.16. The van der Waals surface area contributed by atoms with Crippen molar-refractivity contribution >= 4 is 5.69 Å². The van der Waals surface area contributed by atoms with Crippen molar-refractivity contribution in [3.8, 4) is 0 Å². The third-order valence-corrected chi connectivity index (χ3v) is 3.24. The Morgan fingerprint density at radius 2 is 2.18 bits per heavy atom. The zero-order valence-corrected chi connectivity index (χ0v) is 9.82. The van der Waals surface area contributed by atoms with Gasteiger partial charge in [0.25, 0.3) is 0 Å². The summed E-state index contributed by atoms with van der Waals surface area (Å²) < 4.78 is 0. The molecule has 17 heavy (non-hydrogen) atoms. The highest BCUT2D eigenvalue weighted by molar-refractivity contribution is 5.54. The van der Waals surface area contributed by atoms with Crippen molar-refractivity contribution in [3.05, 3.63) is 59.4 Å². The Balaban J connectivity index is 1.84. The number of aryl methyl sites for hydroxylation is 1. The van der Waals surface area contributed by atoms with E-state index in [1.165, 1.54) is 35.2 Å². The quantitative estimate of drug-likeness (QED) is 0.848. The highest BCUT2D eigenvalue weighted by Gasteiger charge is 2.08. The van der Waals surface area contributed by atoms with Crippen LogP contribution < -0.4 is 5.32 Å². The fourth-order valence-corrected chi connectivity index (χ4v) is 2.38. The zero-order chi connectivity index (χ0) is 11.5. The first kappa shape index (κ1) is 10.3. The Morgan fingerprint density at radius 3 is 3.06 bits per heavy atom. The normalized spacial score (nSPS) is 13.9. The van der Waals surface area contributed by atoms with Crippen LogP contribution in [0.3, 0.4) is 0 Å². The van der Waals surface area contributed by atoms with Crippen LogP contribution in [-0.4, -0.2) is 11.5 Å². The van der Waals surface area contributed by atoms with E-state index in [0.29, 0.717) is 0 Å². The monoisotopic (exact) mass is 224 g/mol. The minimum atomic E-state index is 0.973. The number of rotatable bonds is 2. The predicted octanol–water partition coefficient (Wildman–Crippen LogP) is 3.03. The van der Waals surface area contributed by atoms with Crippen molar-refractivity contribution in [2.75, 3.05) is 11.9 Å². The van der Waals surface area contributed by atoms with Crippen LogP contribution in [0.5, 0.6) is 0 Å². The minimum absolute atomic E-state index is 0.973. The molecule has 0 saturated carbocycles. The average molecular weight is 224 g/mol. The van der Waals surface area contributed by atoms with Crippen LogP contribution in [0.25, 0.3) is 0 Å². The molecule has 1 N–H and O–H groups in total. The molecule has 1 aliphatic rings. The fourth-order valence-electron chi connectivity index (χ4n) is 2.38. The van der Waals surface area contributed by atoms with E-state index in [-0.39, 0.29) is 0 Å². The summed E-state index contributed by atoms with van der Waals surface area (Å²) in [6, 6.07) is 10.9. The topological polar surface area (TPSA) is 24.9 Å². The Kier molecular flexibility index (Phi) is 2.78. The van der Waals surface area contributed by atoms with E-state index in [4.69, 9.17) is 0 Å². The van der Waals surface area contributed by atoms with Crippen LogP contribution in [-0.2, 0) is 12.8 Å². The Morgan fingerprint density at radius 1 is 1.18 bits per heavy atom. The molecule has 1 aromatic heterocycles. The third-order valence-electron chi connectivity index (χ3n) is 3.24. The molecule has 2 aromatic rings. The number of pyridine rings is 1. The zero-order valence-electron chi connectivity index (χ0n) is 9.82. The summed E-state index contributed by atoms with van der Waals surface area (Å²) in [5, 5.41) is 3.44. The number of hydrogen-bond acceptors (Lipinski definition) is 2. The maximum Gasteiger partial charge on any atom is 0.0372 e. The number of aromatic nitrogens is 1. The second kappa shape index (κ2) is 4.58. The van der Waals surface area contributed by atoms with Crippen LogP contribution in [0.2, 0.25) is 0 Å². The predicted molar refractivity (Wildman–Crippen MR) is 70.3 cm³/mol. The van der Waals surface area contributed by atoms with Gasteiger partial charge >= 0.3 is 0 Å². The SMILES string of the molecule is c1cncc(Cc2ccc3c(c2)CCCN3)c1. The van der Waals surface area contributed by atoms with Gasteiger partial charge in [0, 0.05) is 24.6 Å². The van der Waals surface area contributed by atoms with Gasteiger partial charge in [0.15, 0.2) is 0 Å². The molecule has 0 aliphatic carbocycles. The number of anilines is 1. The van der Waals surface area contributed by atoms with Gasteiger partial charge in [0.2, 0.25) is 0 Å². The van der Waals surface area contributed by atoms with Crippen molar-refractivity contribution in [2.24, 2.45) is 0 Å². The van der Waals surface area contributed by atoms with Crippen molar-refractivity contribution in [1.29, 1.82) is 0 Å². The maximum atomic E-state index is 4.16. The first-order valence-electron chi connectivity index (χ1n) is 6.16. The summed E-state index contributed by atoms with van der Waals surface area (Å²) in [5.41, 5.74) is 5.42. The number of fused-ring (bicyclic) bond motifs is 1. The molecule has 86 valence electrons. The molecule has 0 radical (unpaired) electrons. The van der Waals surface area contributed by atoms with Gasteiger partial charge in [-0.2, -0.15) is 0 Å². The van der Waals surface area contributed by atoms with Gasteiger partial charge in [-0.3, -0.25) is 4.98 Å². The van der Waals surface area contributed by atoms with Crippen LogP contribution in [0, 0.1) is 0 Å². The lowest BCUT2D eigenvalue weighted by Gasteiger charge is -2.18. The van der Waals surface area contributed by atoms with Gasteiger partial charge in [-0.25, -0.2) is 0 Å². The fraction of sp³-hybridized carbons (Fsp3) is 0.267. The van der Waals surface area contributed by atoms with Gasteiger partial charge < -0.3 is 5.32 Å². The summed E-state index contributed by atoms with van der Waals surface area (Å²) in [6.45, 7) is 1.11. The van der Waals surface area contributed by atoms with E-state index >= 15 is 0 Å². The number of benzene rings is 1. The van der Waals surface area contributed by atoms with Gasteiger partial charge in [-0.05, 0) is 48.1 Å². The molecule has 0 amide bonds. The molecule has 1 aliphatic heterocycles. The smallest absolute Gasteiger partial charge is 0.0372 e. The molecule has 0 fully saturated rings. The molecule has 0 spiro atoms. The van der Waals surface area contributed by atoms with E-state index < -0.39 is 0 Å². The van der Waals surface area contributed by atoms with Crippen LogP contribution >= 0.6 is 0 Å². The largest absolute Gasteiger partial charge is 0.385 e. The van der Waals surface area contributed by atoms with Gasteiger partial charge in [0.1, 0.15) is 0 Å². The molecule has 0 saturated heterocycles. The van der Waals surface area contributed by atoms with Crippen molar-refractivity contribution in [2.45, 2.75) is 19.3 Å². The van der Waals surface area contributed by atoms with Crippen molar-refractivity contribution < 1.29 is 0 Å². The van der Waals surface area contributed by atoms with Gasteiger partial charge in [-0.15, -0.1) is 0 Å². The molecule has 2 nitrogen and oxygen atoms in total. The summed E-state index contributed by atoms with van der Waals surface area (Å²) in [4.78, 5) is 4.16. The Hall–Kier alpha value is -1.83. The van der Waals surface area contributed by atoms with E-state index in [1.54, 1.807) is 0 Å². The Labute approximate surface area is 102 Å². The molecule has 1 aromatic carbocycles. The number of hydrogen-bond donors (Lipinski definition) is 1. The molecule has 3 rings (SSSR count). The van der Waals surface area contributed by atoms with Crippen LogP contribution in [0.4, 0.5) is 5.69 Å². The highest BCUT2D eigenvalue weighted by atomic mass is 14.9. The second-order valence-corrected chi connectivity index (χ2v) is 4.56. The van der Waals surface area contributed by atoms with E-state index in [2.05, 4.69) is 34.6 Å². The molecule has 2 heteroatoms. The summed E-state index contributed by atoms with van der Waals surface area (Å²) in [7, 11) is 0. The summed E-state index contributed by atoms with van der Waals surface area (Å²) in [5.74, 6) is 0. The van der Waals surface area contributed by atoms with E-state index in [0.717, 1.165) is 13.0 Å². The molecule has 0 atom stereocenters.